The van der Waals surface area contributed by atoms with Crippen LogP contribution in [-0.2, 0) is 22.6 Å². The molecule has 0 N–H and O–H groups in total. The average molecular weight is 340 g/mol. The summed E-state index contributed by atoms with van der Waals surface area (Å²) < 4.78 is 0. The maximum absolute atomic E-state index is 13.2. The molecule has 0 aliphatic carbocycles. The minimum Gasteiger partial charge on any atom is -0.338 e. The lowest BCUT2D eigenvalue weighted by molar-refractivity contribution is -0.137. The molecule has 124 valence electrons. The SMILES string of the molecule is CN1C(=O)C[C@@H](C(=O)N2CCc3ccccc3C2)[C@@H]1c1cccs1. The van der Waals surface area contributed by atoms with Gasteiger partial charge in [-0.1, -0.05) is 30.3 Å². The van der Waals surface area contributed by atoms with E-state index in [0.29, 0.717) is 13.0 Å². The van der Waals surface area contributed by atoms with Gasteiger partial charge in [-0.2, -0.15) is 0 Å². The number of carbonyl (C=O) groups excluding carboxylic acids is 2. The van der Waals surface area contributed by atoms with E-state index < -0.39 is 0 Å². The van der Waals surface area contributed by atoms with Gasteiger partial charge >= 0.3 is 0 Å². The number of hydrogen-bond donors (Lipinski definition) is 0. The highest BCUT2D eigenvalue weighted by atomic mass is 32.1. The molecule has 5 heteroatoms. The lowest BCUT2D eigenvalue weighted by Gasteiger charge is -2.32. The summed E-state index contributed by atoms with van der Waals surface area (Å²) in [6.07, 6.45) is 1.21. The Morgan fingerprint density at radius 1 is 1.17 bits per heavy atom. The number of carbonyl (C=O) groups is 2. The number of benzene rings is 1. The third kappa shape index (κ3) is 2.53. The smallest absolute Gasteiger partial charge is 0.228 e. The van der Waals surface area contributed by atoms with Gasteiger partial charge in [0.2, 0.25) is 11.8 Å². The number of thiophene rings is 1. The molecule has 24 heavy (non-hydrogen) atoms. The Bertz CT molecular complexity index is 771. The molecule has 2 aliphatic rings. The predicted molar refractivity (Wildman–Crippen MR) is 93.5 cm³/mol. The van der Waals surface area contributed by atoms with Crippen LogP contribution in [0, 0.1) is 5.92 Å². The zero-order valence-corrected chi connectivity index (χ0v) is 14.5. The number of fused-ring (bicyclic) bond motifs is 1. The molecule has 4 nitrogen and oxygen atoms in total. The first-order chi connectivity index (χ1) is 11.6. The van der Waals surface area contributed by atoms with Gasteiger partial charge in [-0.3, -0.25) is 9.59 Å². The second-order valence-corrected chi connectivity index (χ2v) is 7.53. The van der Waals surface area contributed by atoms with Crippen LogP contribution in [0.3, 0.4) is 0 Å². The third-order valence-electron chi connectivity index (χ3n) is 5.18. The summed E-state index contributed by atoms with van der Waals surface area (Å²) in [5.41, 5.74) is 2.55. The maximum Gasteiger partial charge on any atom is 0.228 e. The topological polar surface area (TPSA) is 40.6 Å². The van der Waals surface area contributed by atoms with E-state index >= 15 is 0 Å². The predicted octanol–water partition coefficient (Wildman–Crippen LogP) is 2.85. The summed E-state index contributed by atoms with van der Waals surface area (Å²) in [6, 6.07) is 12.2. The molecule has 2 aromatic rings. The second kappa shape index (κ2) is 6.06. The average Bonchev–Trinajstić information content (AvgIpc) is 3.22. The summed E-state index contributed by atoms with van der Waals surface area (Å²) in [5, 5.41) is 2.00. The van der Waals surface area contributed by atoms with Gasteiger partial charge in [0, 0.05) is 31.4 Å². The van der Waals surface area contributed by atoms with Gasteiger partial charge < -0.3 is 9.80 Å². The molecule has 2 atom stereocenters. The quantitative estimate of drug-likeness (QED) is 0.843. The molecule has 0 saturated carbocycles. The number of rotatable bonds is 2. The Hall–Kier alpha value is -2.14. The van der Waals surface area contributed by atoms with E-state index in [0.717, 1.165) is 17.8 Å². The van der Waals surface area contributed by atoms with Crippen LogP contribution in [0.5, 0.6) is 0 Å². The minimum absolute atomic E-state index is 0.0594. The molecule has 2 amide bonds. The summed E-state index contributed by atoms with van der Waals surface area (Å²) in [4.78, 5) is 30.2. The number of nitrogens with zero attached hydrogens (tertiary/aromatic N) is 2. The highest BCUT2D eigenvalue weighted by Gasteiger charge is 2.44. The summed E-state index contributed by atoms with van der Waals surface area (Å²) in [6.45, 7) is 1.39. The lowest BCUT2D eigenvalue weighted by atomic mass is 9.94. The molecular formula is C19H20N2O2S. The van der Waals surface area contributed by atoms with Crippen molar-refractivity contribution in [2.75, 3.05) is 13.6 Å². The summed E-state index contributed by atoms with van der Waals surface area (Å²) >= 11 is 1.62. The zero-order chi connectivity index (χ0) is 16.7. The van der Waals surface area contributed by atoms with Crippen molar-refractivity contribution in [2.45, 2.75) is 25.4 Å². The van der Waals surface area contributed by atoms with Gasteiger partial charge in [-0.25, -0.2) is 0 Å². The molecule has 1 fully saturated rings. The van der Waals surface area contributed by atoms with Crippen molar-refractivity contribution in [2.24, 2.45) is 5.92 Å². The van der Waals surface area contributed by atoms with Crippen molar-refractivity contribution in [1.82, 2.24) is 9.80 Å². The summed E-state index contributed by atoms with van der Waals surface area (Å²) in [5.74, 6) is -0.101. The van der Waals surface area contributed by atoms with Gasteiger partial charge in [-0.15, -0.1) is 11.3 Å². The second-order valence-electron chi connectivity index (χ2n) is 6.55. The first-order valence-electron chi connectivity index (χ1n) is 8.30. The molecular weight excluding hydrogens is 320 g/mol. The highest BCUT2D eigenvalue weighted by Crippen LogP contribution is 2.40. The van der Waals surface area contributed by atoms with Gasteiger partial charge in [0.25, 0.3) is 0 Å². The van der Waals surface area contributed by atoms with E-state index in [-0.39, 0.29) is 23.8 Å². The molecule has 0 spiro atoms. The summed E-state index contributed by atoms with van der Waals surface area (Å²) in [7, 11) is 1.81. The Morgan fingerprint density at radius 3 is 2.71 bits per heavy atom. The first-order valence-corrected chi connectivity index (χ1v) is 9.18. The monoisotopic (exact) mass is 340 g/mol. The molecule has 2 aliphatic heterocycles. The van der Waals surface area contributed by atoms with Gasteiger partial charge in [0.1, 0.15) is 0 Å². The van der Waals surface area contributed by atoms with Gasteiger partial charge in [0.15, 0.2) is 0 Å². The maximum atomic E-state index is 13.2. The molecule has 0 unspecified atom stereocenters. The number of amides is 2. The van der Waals surface area contributed by atoms with Crippen LogP contribution >= 0.6 is 11.3 Å². The Morgan fingerprint density at radius 2 is 1.96 bits per heavy atom. The number of hydrogen-bond acceptors (Lipinski definition) is 3. The molecule has 0 bridgehead atoms. The van der Waals surface area contributed by atoms with E-state index in [9.17, 15) is 9.59 Å². The van der Waals surface area contributed by atoms with Crippen LogP contribution in [0.15, 0.2) is 41.8 Å². The van der Waals surface area contributed by atoms with Gasteiger partial charge in [-0.05, 0) is 29.0 Å². The van der Waals surface area contributed by atoms with E-state index in [4.69, 9.17) is 0 Å². The standard InChI is InChI=1S/C19H20N2O2S/c1-20-17(22)11-15(18(20)16-7-4-10-24-16)19(23)21-9-8-13-5-2-3-6-14(13)12-21/h2-7,10,15,18H,8-9,11-12H2,1H3/t15-,18-/m1/s1. The first kappa shape index (κ1) is 15.4. The lowest BCUT2D eigenvalue weighted by Crippen LogP contribution is -2.41. The Kier molecular flexibility index (Phi) is 3.88. The largest absolute Gasteiger partial charge is 0.338 e. The van der Waals surface area contributed by atoms with E-state index in [2.05, 4.69) is 12.1 Å². The van der Waals surface area contributed by atoms with Crippen LogP contribution in [0.4, 0.5) is 0 Å². The van der Waals surface area contributed by atoms with Crippen LogP contribution in [0.25, 0.3) is 0 Å². The highest BCUT2D eigenvalue weighted by molar-refractivity contribution is 7.10. The van der Waals surface area contributed by atoms with Crippen molar-refractivity contribution in [3.63, 3.8) is 0 Å². The normalized spacial score (nSPS) is 23.5. The van der Waals surface area contributed by atoms with E-state index in [1.807, 2.05) is 41.6 Å². The molecule has 1 aromatic heterocycles. The van der Waals surface area contributed by atoms with Crippen molar-refractivity contribution in [3.05, 3.63) is 57.8 Å². The fourth-order valence-corrected chi connectivity index (χ4v) is 4.79. The van der Waals surface area contributed by atoms with Gasteiger partial charge in [0.05, 0.1) is 12.0 Å². The number of likely N-dealkylation sites (tertiary alicyclic amines) is 1. The van der Waals surface area contributed by atoms with E-state index in [1.165, 1.54) is 11.1 Å². The van der Waals surface area contributed by atoms with E-state index in [1.54, 1.807) is 16.2 Å². The Labute approximate surface area is 145 Å². The van der Waals surface area contributed by atoms with Crippen molar-refractivity contribution < 1.29 is 9.59 Å². The molecule has 3 heterocycles. The van der Waals surface area contributed by atoms with Crippen molar-refractivity contribution in [3.8, 4) is 0 Å². The van der Waals surface area contributed by atoms with Crippen LogP contribution in [0.1, 0.15) is 28.5 Å². The molecule has 0 radical (unpaired) electrons. The fraction of sp³-hybridized carbons (Fsp3) is 0.368. The fourth-order valence-electron chi connectivity index (χ4n) is 3.86. The van der Waals surface area contributed by atoms with Crippen LogP contribution < -0.4 is 0 Å². The molecule has 1 saturated heterocycles. The minimum atomic E-state index is -0.272. The zero-order valence-electron chi connectivity index (χ0n) is 13.6. The van der Waals surface area contributed by atoms with Crippen molar-refractivity contribution in [1.29, 1.82) is 0 Å². The van der Waals surface area contributed by atoms with Crippen LogP contribution in [0.2, 0.25) is 0 Å². The molecule has 1 aromatic carbocycles. The molecule has 4 rings (SSSR count). The Balaban J connectivity index is 1.59. The third-order valence-corrected chi connectivity index (χ3v) is 6.12. The van der Waals surface area contributed by atoms with Crippen molar-refractivity contribution >= 4 is 23.2 Å². The van der Waals surface area contributed by atoms with Crippen LogP contribution in [-0.4, -0.2) is 35.2 Å².